The number of benzene rings is 1. The van der Waals surface area contributed by atoms with Crippen molar-refractivity contribution in [1.29, 1.82) is 0 Å². The maximum atomic E-state index is 12.9. The van der Waals surface area contributed by atoms with Gasteiger partial charge in [-0.2, -0.15) is 0 Å². The van der Waals surface area contributed by atoms with Gasteiger partial charge in [0.1, 0.15) is 17.1 Å². The van der Waals surface area contributed by atoms with Crippen LogP contribution in [-0.2, 0) is 9.47 Å². The van der Waals surface area contributed by atoms with Crippen LogP contribution in [0.5, 0.6) is 5.75 Å². The first-order valence-corrected chi connectivity index (χ1v) is 5.87. The van der Waals surface area contributed by atoms with Gasteiger partial charge in [-0.05, 0) is 18.2 Å². The van der Waals surface area contributed by atoms with Crippen LogP contribution in [0.4, 0.5) is 4.39 Å². The zero-order valence-corrected chi connectivity index (χ0v) is 10.7. The zero-order valence-electron chi connectivity index (χ0n) is 10.7. The molecule has 0 aromatic heterocycles. The van der Waals surface area contributed by atoms with Gasteiger partial charge >= 0.3 is 5.97 Å². The van der Waals surface area contributed by atoms with E-state index in [1.165, 1.54) is 6.07 Å². The maximum Gasteiger partial charge on any atom is 0.339 e. The first-order chi connectivity index (χ1) is 9.15. The number of hydrogen-bond acceptors (Lipinski definition) is 4. The van der Waals surface area contributed by atoms with E-state index in [4.69, 9.17) is 19.3 Å². The second-order valence-electron chi connectivity index (χ2n) is 3.75. The molecule has 0 aliphatic rings. The molecule has 0 unspecified atom stereocenters. The summed E-state index contributed by atoms with van der Waals surface area (Å²) in [7, 11) is 1.59. The Morgan fingerprint density at radius 1 is 1.26 bits per heavy atom. The SMILES string of the molecule is COCCOCCCOc1ccc(F)cc1C(=O)O. The van der Waals surface area contributed by atoms with E-state index in [0.717, 1.165) is 12.1 Å². The van der Waals surface area contributed by atoms with Gasteiger partial charge in [0.15, 0.2) is 0 Å². The number of carboxylic acid groups (broad SMARTS) is 1. The fourth-order valence-corrected chi connectivity index (χ4v) is 1.38. The normalized spacial score (nSPS) is 10.4. The van der Waals surface area contributed by atoms with Crippen LogP contribution in [0.25, 0.3) is 0 Å². The Morgan fingerprint density at radius 2 is 2.05 bits per heavy atom. The summed E-state index contributed by atoms with van der Waals surface area (Å²) in [5, 5.41) is 8.90. The number of carboxylic acids is 1. The fraction of sp³-hybridized carbons (Fsp3) is 0.462. The Balaban J connectivity index is 2.35. The summed E-state index contributed by atoms with van der Waals surface area (Å²) in [6.45, 7) is 1.83. The van der Waals surface area contributed by atoms with Gasteiger partial charge in [-0.1, -0.05) is 0 Å². The van der Waals surface area contributed by atoms with E-state index in [-0.39, 0.29) is 11.3 Å². The molecule has 0 bridgehead atoms. The van der Waals surface area contributed by atoms with Crippen molar-refractivity contribution >= 4 is 5.97 Å². The molecule has 19 heavy (non-hydrogen) atoms. The molecule has 0 amide bonds. The predicted octanol–water partition coefficient (Wildman–Crippen LogP) is 1.96. The zero-order chi connectivity index (χ0) is 14.1. The Hall–Kier alpha value is -1.66. The molecule has 0 spiro atoms. The predicted molar refractivity (Wildman–Crippen MR) is 66.2 cm³/mol. The van der Waals surface area contributed by atoms with Crippen LogP contribution in [0, 0.1) is 5.82 Å². The van der Waals surface area contributed by atoms with E-state index in [1.807, 2.05) is 0 Å². The smallest absolute Gasteiger partial charge is 0.339 e. The van der Waals surface area contributed by atoms with Crippen LogP contribution in [0.2, 0.25) is 0 Å². The summed E-state index contributed by atoms with van der Waals surface area (Å²) in [4.78, 5) is 10.9. The summed E-state index contributed by atoms with van der Waals surface area (Å²) in [6, 6.07) is 3.41. The number of hydrogen-bond donors (Lipinski definition) is 1. The van der Waals surface area contributed by atoms with Crippen molar-refractivity contribution in [3.05, 3.63) is 29.6 Å². The van der Waals surface area contributed by atoms with Gasteiger partial charge in [0.25, 0.3) is 0 Å². The third-order valence-electron chi connectivity index (χ3n) is 2.29. The molecule has 0 fully saturated rings. The molecule has 1 aromatic carbocycles. The second kappa shape index (κ2) is 8.44. The molecule has 106 valence electrons. The fourth-order valence-electron chi connectivity index (χ4n) is 1.38. The maximum absolute atomic E-state index is 12.9. The molecule has 1 rings (SSSR count). The van der Waals surface area contributed by atoms with Crippen molar-refractivity contribution in [3.8, 4) is 5.75 Å². The molecular weight excluding hydrogens is 255 g/mol. The van der Waals surface area contributed by atoms with Crippen molar-refractivity contribution in [2.75, 3.05) is 33.5 Å². The lowest BCUT2D eigenvalue weighted by Gasteiger charge is -2.09. The minimum absolute atomic E-state index is 0.158. The van der Waals surface area contributed by atoms with Crippen molar-refractivity contribution in [2.45, 2.75) is 6.42 Å². The quantitative estimate of drug-likeness (QED) is 0.696. The van der Waals surface area contributed by atoms with E-state index < -0.39 is 11.8 Å². The molecule has 1 aromatic rings. The molecule has 0 saturated carbocycles. The van der Waals surface area contributed by atoms with Crippen molar-refractivity contribution in [3.63, 3.8) is 0 Å². The molecule has 0 heterocycles. The molecule has 5 nitrogen and oxygen atoms in total. The van der Waals surface area contributed by atoms with Gasteiger partial charge in [-0.3, -0.25) is 0 Å². The van der Waals surface area contributed by atoms with Crippen molar-refractivity contribution in [2.24, 2.45) is 0 Å². The average molecular weight is 272 g/mol. The van der Waals surface area contributed by atoms with Crippen molar-refractivity contribution < 1.29 is 28.5 Å². The number of carbonyl (C=O) groups is 1. The van der Waals surface area contributed by atoms with Gasteiger partial charge in [0, 0.05) is 20.1 Å². The molecule has 1 N–H and O–H groups in total. The molecular formula is C13H17FO5. The van der Waals surface area contributed by atoms with Crippen LogP contribution in [0.15, 0.2) is 18.2 Å². The van der Waals surface area contributed by atoms with Crippen LogP contribution >= 0.6 is 0 Å². The number of methoxy groups -OCH3 is 1. The van der Waals surface area contributed by atoms with E-state index in [2.05, 4.69) is 0 Å². The molecule has 0 aliphatic heterocycles. The lowest BCUT2D eigenvalue weighted by atomic mass is 10.2. The molecule has 0 radical (unpaired) electrons. The van der Waals surface area contributed by atoms with Crippen LogP contribution in [0.1, 0.15) is 16.8 Å². The number of aromatic carboxylic acids is 1. The average Bonchev–Trinajstić information content (AvgIpc) is 2.39. The molecule has 0 aliphatic carbocycles. The minimum atomic E-state index is -1.22. The summed E-state index contributed by atoms with van der Waals surface area (Å²) >= 11 is 0. The van der Waals surface area contributed by atoms with E-state index >= 15 is 0 Å². The van der Waals surface area contributed by atoms with Gasteiger partial charge in [-0.25, -0.2) is 9.18 Å². The van der Waals surface area contributed by atoms with Crippen LogP contribution in [-0.4, -0.2) is 44.6 Å². The third kappa shape index (κ3) is 5.67. The molecule has 0 saturated heterocycles. The minimum Gasteiger partial charge on any atom is -0.493 e. The number of rotatable bonds is 9. The topological polar surface area (TPSA) is 65.0 Å². The Labute approximate surface area is 110 Å². The Kier molecular flexibility index (Phi) is 6.84. The van der Waals surface area contributed by atoms with E-state index in [0.29, 0.717) is 32.8 Å². The van der Waals surface area contributed by atoms with E-state index in [9.17, 15) is 9.18 Å². The van der Waals surface area contributed by atoms with Crippen LogP contribution < -0.4 is 4.74 Å². The van der Waals surface area contributed by atoms with Gasteiger partial charge in [-0.15, -0.1) is 0 Å². The summed E-state index contributed by atoms with van der Waals surface area (Å²) in [5.74, 6) is -1.66. The Morgan fingerprint density at radius 3 is 2.74 bits per heavy atom. The summed E-state index contributed by atoms with van der Waals surface area (Å²) in [5.41, 5.74) is -0.180. The monoisotopic (exact) mass is 272 g/mol. The number of halogens is 1. The molecule has 0 atom stereocenters. The lowest BCUT2D eigenvalue weighted by Crippen LogP contribution is -2.09. The lowest BCUT2D eigenvalue weighted by molar-refractivity contribution is 0.0637. The second-order valence-corrected chi connectivity index (χ2v) is 3.75. The number of ether oxygens (including phenoxy) is 3. The Bertz CT molecular complexity index is 408. The first kappa shape index (κ1) is 15.4. The highest BCUT2D eigenvalue weighted by atomic mass is 19.1. The highest BCUT2D eigenvalue weighted by Gasteiger charge is 2.12. The molecule has 6 heteroatoms. The third-order valence-corrected chi connectivity index (χ3v) is 2.29. The highest BCUT2D eigenvalue weighted by molar-refractivity contribution is 5.90. The summed E-state index contributed by atoms with van der Waals surface area (Å²) < 4.78 is 28.3. The van der Waals surface area contributed by atoms with Crippen molar-refractivity contribution in [1.82, 2.24) is 0 Å². The largest absolute Gasteiger partial charge is 0.493 e. The first-order valence-electron chi connectivity index (χ1n) is 5.87. The van der Waals surface area contributed by atoms with Gasteiger partial charge < -0.3 is 19.3 Å². The van der Waals surface area contributed by atoms with Gasteiger partial charge in [0.2, 0.25) is 0 Å². The van der Waals surface area contributed by atoms with Crippen LogP contribution in [0.3, 0.4) is 0 Å². The highest BCUT2D eigenvalue weighted by Crippen LogP contribution is 2.19. The standard InChI is InChI=1S/C13H17FO5/c1-17-7-8-18-5-2-6-19-12-4-3-10(14)9-11(12)13(15)16/h3-4,9H,2,5-8H2,1H3,(H,15,16). The van der Waals surface area contributed by atoms with E-state index in [1.54, 1.807) is 7.11 Å². The van der Waals surface area contributed by atoms with Gasteiger partial charge in [0.05, 0.1) is 19.8 Å². The summed E-state index contributed by atoms with van der Waals surface area (Å²) in [6.07, 6.45) is 0.611.